The lowest BCUT2D eigenvalue weighted by Gasteiger charge is -2.29. The average molecular weight is 752 g/mol. The van der Waals surface area contributed by atoms with E-state index in [1.54, 1.807) is 69.4 Å². The van der Waals surface area contributed by atoms with Gasteiger partial charge in [-0.2, -0.15) is 5.10 Å². The fraction of sp³-hybridized carbons (Fsp3) is 0.324. The number of ether oxygens (including phenoxy) is 2. The number of aliphatic hydroxyl groups is 1. The van der Waals surface area contributed by atoms with Gasteiger partial charge in [-0.3, -0.25) is 14.2 Å². The number of hydrogen-bond donors (Lipinski definition) is 2. The third-order valence-corrected chi connectivity index (χ3v) is 9.52. The molecule has 52 heavy (non-hydrogen) atoms. The van der Waals surface area contributed by atoms with Crippen molar-refractivity contribution < 1.29 is 28.6 Å². The van der Waals surface area contributed by atoms with Crippen molar-refractivity contribution in [2.75, 3.05) is 13.7 Å². The van der Waals surface area contributed by atoms with Crippen LogP contribution in [0.3, 0.4) is 0 Å². The van der Waals surface area contributed by atoms with Crippen LogP contribution in [-0.4, -0.2) is 66.5 Å². The highest BCUT2D eigenvalue weighted by molar-refractivity contribution is 6.39. The molecule has 1 saturated heterocycles. The van der Waals surface area contributed by atoms with Crippen molar-refractivity contribution in [3.05, 3.63) is 92.3 Å². The lowest BCUT2D eigenvalue weighted by molar-refractivity contribution is -0.119. The Morgan fingerprint density at radius 3 is 2.35 bits per heavy atom. The van der Waals surface area contributed by atoms with Gasteiger partial charge in [-0.25, -0.2) is 18.7 Å². The number of hydrogen-bond acceptors (Lipinski definition) is 8. The highest BCUT2D eigenvalue weighted by atomic mass is 35.5. The van der Waals surface area contributed by atoms with E-state index in [4.69, 9.17) is 32.7 Å². The summed E-state index contributed by atoms with van der Waals surface area (Å²) in [5.41, 5.74) is 2.15. The van der Waals surface area contributed by atoms with Crippen LogP contribution in [-0.2, 0) is 29.7 Å². The maximum Gasteiger partial charge on any atom is 0.410 e. The normalized spacial score (nSPS) is 14.5. The predicted molar refractivity (Wildman–Crippen MR) is 195 cm³/mol. The molecule has 3 aromatic heterocycles. The van der Waals surface area contributed by atoms with Crippen LogP contribution in [0.1, 0.15) is 45.0 Å². The molecule has 4 heterocycles. The molecule has 1 unspecified atom stereocenters. The standard InChI is InChI=1S/C37H37Cl2FN6O6/c1-37(2,3)52-36(50)45(17-21-12-13-31(48)41-21)18-26-27(40)15-28(42-34(26)51-5)25-11-7-10-24(33(25)39)23-9-6-8-22(32(23)38)20-14-29-35(49)44(4)30(19-47)43-46(29)16-20/h6-11,14-16,21,47H,12-13,17-19H2,1-5H3,(H,41,48). The van der Waals surface area contributed by atoms with Crippen molar-refractivity contribution >= 4 is 40.7 Å². The average Bonchev–Trinajstić information content (AvgIpc) is 3.72. The van der Waals surface area contributed by atoms with Crippen LogP contribution in [0, 0.1) is 5.82 Å². The first-order valence-electron chi connectivity index (χ1n) is 16.5. The lowest BCUT2D eigenvalue weighted by Crippen LogP contribution is -2.44. The first-order chi connectivity index (χ1) is 24.7. The first-order valence-corrected chi connectivity index (χ1v) is 17.2. The number of fused-ring (bicyclic) bond motifs is 1. The Morgan fingerprint density at radius 1 is 1.08 bits per heavy atom. The van der Waals surface area contributed by atoms with Crippen molar-refractivity contribution in [3.8, 4) is 39.4 Å². The van der Waals surface area contributed by atoms with E-state index in [0.717, 1.165) is 0 Å². The number of carbonyl (C=O) groups is 2. The molecule has 0 radical (unpaired) electrons. The molecule has 6 rings (SSSR count). The van der Waals surface area contributed by atoms with Gasteiger partial charge in [0.15, 0.2) is 5.82 Å². The molecule has 0 bridgehead atoms. The van der Waals surface area contributed by atoms with Gasteiger partial charge in [-0.05, 0) is 33.3 Å². The summed E-state index contributed by atoms with van der Waals surface area (Å²) < 4.78 is 29.9. The topological polar surface area (TPSA) is 140 Å². The monoisotopic (exact) mass is 750 g/mol. The van der Waals surface area contributed by atoms with Crippen LogP contribution in [0.2, 0.25) is 10.0 Å². The number of halogens is 3. The summed E-state index contributed by atoms with van der Waals surface area (Å²) in [4.78, 5) is 43.9. The van der Waals surface area contributed by atoms with Crippen molar-refractivity contribution in [2.45, 2.75) is 58.4 Å². The highest BCUT2D eigenvalue weighted by Gasteiger charge is 2.30. The van der Waals surface area contributed by atoms with Gasteiger partial charge in [0.25, 0.3) is 5.56 Å². The van der Waals surface area contributed by atoms with E-state index in [1.165, 1.54) is 34.2 Å². The fourth-order valence-corrected chi connectivity index (χ4v) is 6.79. The van der Waals surface area contributed by atoms with Gasteiger partial charge < -0.3 is 24.8 Å². The molecular formula is C37H37Cl2FN6O6. The van der Waals surface area contributed by atoms with Crippen molar-refractivity contribution in [2.24, 2.45) is 7.05 Å². The molecule has 2 N–H and O–H groups in total. The summed E-state index contributed by atoms with van der Waals surface area (Å²) in [6.45, 7) is 4.68. The number of aliphatic hydroxyl groups excluding tert-OH is 1. The number of nitrogens with one attached hydrogen (secondary N) is 1. The molecule has 15 heteroatoms. The van der Waals surface area contributed by atoms with Gasteiger partial charge in [0, 0.05) is 66.1 Å². The number of carbonyl (C=O) groups excluding carboxylic acids is 2. The van der Waals surface area contributed by atoms with E-state index in [9.17, 15) is 19.5 Å². The van der Waals surface area contributed by atoms with Gasteiger partial charge in [-0.1, -0.05) is 59.6 Å². The SMILES string of the molecule is COc1nc(-c2cccc(-c3cccc(-c4cc5c(=O)n(C)c(CO)nn5c4)c3Cl)c2Cl)cc(F)c1CN(CC1CCC(=O)N1)C(=O)OC(C)(C)C. The van der Waals surface area contributed by atoms with Gasteiger partial charge in [0.1, 0.15) is 23.5 Å². The summed E-state index contributed by atoms with van der Waals surface area (Å²) in [6, 6.07) is 13.2. The third kappa shape index (κ3) is 7.34. The van der Waals surface area contributed by atoms with Gasteiger partial charge >= 0.3 is 6.09 Å². The molecule has 0 saturated carbocycles. The quantitative estimate of drug-likeness (QED) is 0.177. The number of methoxy groups -OCH3 is 1. The second-order valence-corrected chi connectivity index (χ2v) is 14.2. The molecule has 0 aliphatic carbocycles. The maximum atomic E-state index is 16.1. The van der Waals surface area contributed by atoms with Crippen LogP contribution in [0.5, 0.6) is 5.88 Å². The minimum Gasteiger partial charge on any atom is -0.481 e. The van der Waals surface area contributed by atoms with Gasteiger partial charge in [0.05, 0.1) is 35.0 Å². The molecule has 12 nitrogen and oxygen atoms in total. The Hall–Kier alpha value is -4.98. The minimum absolute atomic E-state index is 0.0276. The zero-order valence-corrected chi connectivity index (χ0v) is 30.7. The molecule has 2 amide bonds. The Bertz CT molecular complexity index is 2270. The Kier molecular flexibility index (Phi) is 10.3. The highest BCUT2D eigenvalue weighted by Crippen LogP contribution is 2.43. The van der Waals surface area contributed by atoms with Crippen molar-refractivity contribution in [1.29, 1.82) is 0 Å². The molecule has 1 aliphatic rings. The van der Waals surface area contributed by atoms with Crippen molar-refractivity contribution in [3.63, 3.8) is 0 Å². The number of benzene rings is 2. The summed E-state index contributed by atoms with van der Waals surface area (Å²) in [7, 11) is 2.90. The lowest BCUT2D eigenvalue weighted by atomic mass is 9.97. The molecule has 2 aromatic carbocycles. The van der Waals surface area contributed by atoms with E-state index in [1.807, 2.05) is 0 Å². The second kappa shape index (κ2) is 14.6. The number of rotatable bonds is 9. The second-order valence-electron chi connectivity index (χ2n) is 13.5. The maximum absolute atomic E-state index is 16.1. The van der Waals surface area contributed by atoms with Crippen LogP contribution in [0.15, 0.2) is 59.5 Å². The van der Waals surface area contributed by atoms with Crippen LogP contribution < -0.4 is 15.6 Å². The Morgan fingerprint density at radius 2 is 1.73 bits per heavy atom. The van der Waals surface area contributed by atoms with Crippen LogP contribution in [0.4, 0.5) is 9.18 Å². The molecule has 0 spiro atoms. The Balaban J connectivity index is 1.35. The molecular weight excluding hydrogens is 714 g/mol. The molecule has 272 valence electrons. The molecule has 5 aromatic rings. The summed E-state index contributed by atoms with van der Waals surface area (Å²) >= 11 is 14.0. The Labute approximate surface area is 308 Å². The van der Waals surface area contributed by atoms with Crippen molar-refractivity contribution in [1.82, 2.24) is 29.4 Å². The van der Waals surface area contributed by atoms with E-state index in [-0.39, 0.29) is 58.6 Å². The van der Waals surface area contributed by atoms with E-state index < -0.39 is 24.1 Å². The zero-order chi connectivity index (χ0) is 37.5. The number of pyridine rings is 1. The summed E-state index contributed by atoms with van der Waals surface area (Å²) in [5, 5.41) is 17.4. The van der Waals surface area contributed by atoms with Gasteiger partial charge in [0.2, 0.25) is 11.8 Å². The number of nitrogens with zero attached hydrogens (tertiary/aromatic N) is 5. The molecule has 1 atom stereocenters. The predicted octanol–water partition coefficient (Wildman–Crippen LogP) is 6.39. The number of amides is 2. The summed E-state index contributed by atoms with van der Waals surface area (Å²) in [6.07, 6.45) is 1.86. The minimum atomic E-state index is -0.806. The molecule has 1 fully saturated rings. The van der Waals surface area contributed by atoms with Crippen LogP contribution >= 0.6 is 23.2 Å². The first kappa shape index (κ1) is 36.8. The summed E-state index contributed by atoms with van der Waals surface area (Å²) in [5.74, 6) is -0.642. The van der Waals surface area contributed by atoms with E-state index in [2.05, 4.69) is 15.4 Å². The van der Waals surface area contributed by atoms with E-state index >= 15 is 4.39 Å². The van der Waals surface area contributed by atoms with E-state index in [0.29, 0.717) is 51.2 Å². The van der Waals surface area contributed by atoms with Gasteiger partial charge in [-0.15, -0.1) is 0 Å². The fourth-order valence-electron chi connectivity index (χ4n) is 6.13. The third-order valence-electron chi connectivity index (χ3n) is 8.70. The zero-order valence-electron chi connectivity index (χ0n) is 29.2. The smallest absolute Gasteiger partial charge is 0.410 e. The molecule has 1 aliphatic heterocycles. The van der Waals surface area contributed by atoms with Crippen LogP contribution in [0.25, 0.3) is 39.0 Å². The number of aromatic nitrogens is 4. The largest absolute Gasteiger partial charge is 0.481 e.